The minimum Gasteiger partial charge on any atom is -0.497 e. The summed E-state index contributed by atoms with van der Waals surface area (Å²) in [6.45, 7) is 0.234. The van der Waals surface area contributed by atoms with Gasteiger partial charge in [-0.05, 0) is 24.1 Å². The molecule has 2 aromatic heterocycles. The number of nitriles is 2. The molecule has 0 aliphatic rings. The van der Waals surface area contributed by atoms with Gasteiger partial charge in [0.1, 0.15) is 10.6 Å². The van der Waals surface area contributed by atoms with Gasteiger partial charge in [-0.1, -0.05) is 12.1 Å². The molecule has 0 amide bonds. The Hall–Kier alpha value is -3.16. The van der Waals surface area contributed by atoms with Crippen molar-refractivity contribution >= 4 is 21.6 Å². The van der Waals surface area contributed by atoms with Gasteiger partial charge in [0.15, 0.2) is 0 Å². The van der Waals surface area contributed by atoms with Crippen molar-refractivity contribution in [3.63, 3.8) is 0 Å². The molecule has 6 nitrogen and oxygen atoms in total. The van der Waals surface area contributed by atoms with E-state index >= 15 is 0 Å². The number of hydrogen-bond donors (Lipinski definition) is 0. The molecule has 26 heavy (non-hydrogen) atoms. The maximum atomic E-state index is 13.0. The minimum absolute atomic E-state index is 0.167. The second-order valence-electron chi connectivity index (χ2n) is 5.78. The van der Waals surface area contributed by atoms with Gasteiger partial charge < -0.3 is 4.74 Å². The average molecular weight is 364 g/mol. The quantitative estimate of drug-likeness (QED) is 0.667. The van der Waals surface area contributed by atoms with Crippen LogP contribution in [0, 0.1) is 28.6 Å². The third-order valence-corrected chi connectivity index (χ3v) is 5.05. The highest BCUT2D eigenvalue weighted by Gasteiger charge is 2.16. The Labute approximate surface area is 154 Å². The molecular formula is C19H16N4O2S. The highest BCUT2D eigenvalue weighted by atomic mass is 32.1. The molecule has 0 saturated heterocycles. The lowest BCUT2D eigenvalue weighted by molar-refractivity contribution is 0.415. The SMILES string of the molecule is COc1ccc(-c2csc3ncn(CC(C#N)CCC#N)c(=O)c23)cc1. The molecule has 0 aliphatic carbocycles. The molecule has 0 saturated carbocycles. The van der Waals surface area contributed by atoms with Crippen molar-refractivity contribution in [2.75, 3.05) is 7.11 Å². The molecule has 0 aliphatic heterocycles. The predicted molar refractivity (Wildman–Crippen MR) is 99.8 cm³/mol. The summed E-state index contributed by atoms with van der Waals surface area (Å²) in [4.78, 5) is 18.0. The van der Waals surface area contributed by atoms with Crippen LogP contribution < -0.4 is 10.3 Å². The second kappa shape index (κ2) is 7.81. The topological polar surface area (TPSA) is 91.7 Å². The van der Waals surface area contributed by atoms with E-state index in [9.17, 15) is 10.1 Å². The van der Waals surface area contributed by atoms with E-state index in [0.717, 1.165) is 16.9 Å². The molecule has 0 N–H and O–H groups in total. The zero-order valence-electron chi connectivity index (χ0n) is 14.2. The van der Waals surface area contributed by atoms with E-state index in [1.54, 1.807) is 7.11 Å². The van der Waals surface area contributed by atoms with Crippen LogP contribution in [0.25, 0.3) is 21.3 Å². The number of nitrogens with zero attached hydrogens (tertiary/aromatic N) is 4. The van der Waals surface area contributed by atoms with Crippen LogP contribution in [0.3, 0.4) is 0 Å². The van der Waals surface area contributed by atoms with Crippen LogP contribution in [-0.4, -0.2) is 16.7 Å². The van der Waals surface area contributed by atoms with Gasteiger partial charge in [0.25, 0.3) is 5.56 Å². The molecule has 0 spiro atoms. The van der Waals surface area contributed by atoms with E-state index in [-0.39, 0.29) is 18.5 Å². The minimum atomic E-state index is -0.394. The van der Waals surface area contributed by atoms with Crippen LogP contribution in [0.2, 0.25) is 0 Å². The first-order valence-electron chi connectivity index (χ1n) is 8.05. The van der Waals surface area contributed by atoms with E-state index in [0.29, 0.717) is 16.6 Å². The smallest absolute Gasteiger partial charge is 0.262 e. The van der Waals surface area contributed by atoms with Gasteiger partial charge in [-0.2, -0.15) is 10.5 Å². The van der Waals surface area contributed by atoms with Crippen LogP contribution >= 0.6 is 11.3 Å². The summed E-state index contributed by atoms with van der Waals surface area (Å²) in [5.74, 6) is 0.354. The third kappa shape index (κ3) is 3.44. The molecule has 3 rings (SSSR count). The number of methoxy groups -OCH3 is 1. The average Bonchev–Trinajstić information content (AvgIpc) is 3.11. The standard InChI is InChI=1S/C19H16N4O2S/c1-25-15-6-4-14(5-7-15)16-11-26-18-17(16)19(24)23(12-22-18)10-13(9-21)3-2-8-20/h4-7,11-13H,2-3,10H2,1H3. The molecule has 130 valence electrons. The van der Waals surface area contributed by atoms with Crippen molar-refractivity contribution in [2.45, 2.75) is 19.4 Å². The third-order valence-electron chi connectivity index (χ3n) is 4.17. The highest BCUT2D eigenvalue weighted by Crippen LogP contribution is 2.31. The molecule has 2 heterocycles. The molecule has 1 unspecified atom stereocenters. The van der Waals surface area contributed by atoms with E-state index in [1.165, 1.54) is 22.2 Å². The Morgan fingerprint density at radius 3 is 2.73 bits per heavy atom. The summed E-state index contributed by atoms with van der Waals surface area (Å²) in [5.41, 5.74) is 1.57. The summed E-state index contributed by atoms with van der Waals surface area (Å²) in [6.07, 6.45) is 2.21. The molecule has 0 radical (unpaired) electrons. The van der Waals surface area contributed by atoms with Crippen LogP contribution in [0.1, 0.15) is 12.8 Å². The Morgan fingerprint density at radius 1 is 1.31 bits per heavy atom. The summed E-state index contributed by atoms with van der Waals surface area (Å²) in [7, 11) is 1.61. The molecule has 3 aromatic rings. The van der Waals surface area contributed by atoms with Crippen molar-refractivity contribution < 1.29 is 4.74 Å². The maximum Gasteiger partial charge on any atom is 0.262 e. The van der Waals surface area contributed by atoms with Gasteiger partial charge in [0.05, 0.1) is 36.9 Å². The van der Waals surface area contributed by atoms with E-state index in [4.69, 9.17) is 10.00 Å². The number of rotatable bonds is 6. The monoisotopic (exact) mass is 364 g/mol. The fraction of sp³-hybridized carbons (Fsp3) is 0.263. The van der Waals surface area contributed by atoms with Crippen LogP contribution in [-0.2, 0) is 6.54 Å². The fourth-order valence-corrected chi connectivity index (χ4v) is 3.66. The van der Waals surface area contributed by atoms with Crippen molar-refractivity contribution in [2.24, 2.45) is 5.92 Å². The van der Waals surface area contributed by atoms with E-state index < -0.39 is 5.92 Å². The summed E-state index contributed by atoms with van der Waals surface area (Å²) in [6, 6.07) is 11.7. The number of aromatic nitrogens is 2. The predicted octanol–water partition coefficient (Wildman–Crippen LogP) is 3.58. The number of ether oxygens (including phenoxy) is 1. The molecular weight excluding hydrogens is 348 g/mol. The molecule has 7 heteroatoms. The lowest BCUT2D eigenvalue weighted by atomic mass is 10.0. The van der Waals surface area contributed by atoms with Gasteiger partial charge in [-0.15, -0.1) is 11.3 Å². The molecule has 1 aromatic carbocycles. The molecule has 1 atom stereocenters. The first kappa shape index (κ1) is 17.7. The molecule has 0 fully saturated rings. The largest absolute Gasteiger partial charge is 0.497 e. The first-order chi connectivity index (χ1) is 12.7. The van der Waals surface area contributed by atoms with Crippen LogP contribution in [0.4, 0.5) is 0 Å². The Balaban J connectivity index is 2.01. The highest BCUT2D eigenvalue weighted by molar-refractivity contribution is 7.17. The second-order valence-corrected chi connectivity index (χ2v) is 6.64. The summed E-state index contributed by atoms with van der Waals surface area (Å²) >= 11 is 1.42. The number of benzene rings is 1. The Bertz CT molecular complexity index is 1050. The van der Waals surface area contributed by atoms with Crippen LogP contribution in [0.5, 0.6) is 5.75 Å². The van der Waals surface area contributed by atoms with Gasteiger partial charge in [0.2, 0.25) is 0 Å². The van der Waals surface area contributed by atoms with Gasteiger partial charge >= 0.3 is 0 Å². The number of thiophene rings is 1. The zero-order chi connectivity index (χ0) is 18.5. The lowest BCUT2D eigenvalue weighted by Crippen LogP contribution is -2.24. The van der Waals surface area contributed by atoms with Gasteiger partial charge in [0, 0.05) is 23.9 Å². The lowest BCUT2D eigenvalue weighted by Gasteiger charge is -2.10. The van der Waals surface area contributed by atoms with Crippen molar-refractivity contribution in [1.29, 1.82) is 10.5 Å². The number of fused-ring (bicyclic) bond motifs is 1. The van der Waals surface area contributed by atoms with Gasteiger partial charge in [-0.25, -0.2) is 4.98 Å². The first-order valence-corrected chi connectivity index (χ1v) is 8.93. The number of hydrogen-bond acceptors (Lipinski definition) is 6. The summed E-state index contributed by atoms with van der Waals surface area (Å²) in [5, 5.41) is 20.4. The Kier molecular flexibility index (Phi) is 5.31. The van der Waals surface area contributed by atoms with E-state index in [1.807, 2.05) is 35.7 Å². The van der Waals surface area contributed by atoms with Crippen molar-refractivity contribution in [3.05, 3.63) is 46.3 Å². The summed E-state index contributed by atoms with van der Waals surface area (Å²) < 4.78 is 6.64. The molecule has 0 bridgehead atoms. The fourth-order valence-electron chi connectivity index (χ4n) is 2.75. The van der Waals surface area contributed by atoms with Crippen LogP contribution in [0.15, 0.2) is 40.8 Å². The van der Waals surface area contributed by atoms with E-state index in [2.05, 4.69) is 11.1 Å². The Morgan fingerprint density at radius 2 is 2.08 bits per heavy atom. The normalized spacial score (nSPS) is 11.7. The van der Waals surface area contributed by atoms with Crippen molar-refractivity contribution in [3.8, 4) is 29.0 Å². The zero-order valence-corrected chi connectivity index (χ0v) is 15.0. The van der Waals surface area contributed by atoms with Gasteiger partial charge in [-0.3, -0.25) is 9.36 Å². The maximum absolute atomic E-state index is 13.0. The van der Waals surface area contributed by atoms with Crippen molar-refractivity contribution in [1.82, 2.24) is 9.55 Å².